The van der Waals surface area contributed by atoms with Crippen LogP contribution in [0.1, 0.15) is 5.56 Å². The molecule has 0 fully saturated rings. The van der Waals surface area contributed by atoms with E-state index < -0.39 is 10.0 Å². The number of halogens is 2. The Labute approximate surface area is 131 Å². The highest BCUT2D eigenvalue weighted by Crippen LogP contribution is 2.25. The normalized spacial score (nSPS) is 11.3. The first-order valence-electron chi connectivity index (χ1n) is 5.43. The number of hydrogen-bond donors (Lipinski definition) is 1. The minimum Gasteiger partial charge on any atom is -0.279 e. The van der Waals surface area contributed by atoms with E-state index in [4.69, 9.17) is 11.6 Å². The maximum absolute atomic E-state index is 12.3. The van der Waals surface area contributed by atoms with Crippen molar-refractivity contribution >= 4 is 49.9 Å². The van der Waals surface area contributed by atoms with E-state index >= 15 is 0 Å². The Morgan fingerprint density at radius 1 is 1.16 bits per heavy atom. The van der Waals surface area contributed by atoms with Crippen molar-refractivity contribution in [2.45, 2.75) is 11.8 Å². The van der Waals surface area contributed by atoms with Gasteiger partial charge in [-0.3, -0.25) is 4.72 Å². The van der Waals surface area contributed by atoms with Gasteiger partial charge in [0, 0.05) is 3.57 Å². The topological polar surface area (TPSA) is 46.2 Å². The van der Waals surface area contributed by atoms with Crippen LogP contribution < -0.4 is 4.72 Å². The van der Waals surface area contributed by atoms with E-state index in [2.05, 4.69) is 27.3 Å². The summed E-state index contributed by atoms with van der Waals surface area (Å²) in [6, 6.07) is 11.9. The van der Waals surface area contributed by atoms with Crippen LogP contribution in [0.2, 0.25) is 5.02 Å². The molecule has 0 atom stereocenters. The third kappa shape index (κ3) is 3.40. The Hall–Kier alpha value is -0.790. The molecular formula is C13H11ClINO2S. The van der Waals surface area contributed by atoms with E-state index in [0.29, 0.717) is 5.69 Å². The molecule has 2 aromatic rings. The largest absolute Gasteiger partial charge is 0.279 e. The zero-order valence-electron chi connectivity index (χ0n) is 10.0. The average Bonchev–Trinajstić information content (AvgIpc) is 2.33. The van der Waals surface area contributed by atoms with Gasteiger partial charge in [0.1, 0.15) is 4.90 Å². The van der Waals surface area contributed by atoms with Crippen molar-refractivity contribution in [1.29, 1.82) is 0 Å². The number of sulfonamides is 1. The van der Waals surface area contributed by atoms with E-state index in [-0.39, 0.29) is 9.92 Å². The molecule has 0 saturated carbocycles. The fraction of sp³-hybridized carbons (Fsp3) is 0.0769. The summed E-state index contributed by atoms with van der Waals surface area (Å²) in [6.07, 6.45) is 0. The van der Waals surface area contributed by atoms with E-state index in [9.17, 15) is 8.42 Å². The molecule has 0 aliphatic carbocycles. The molecule has 0 spiro atoms. The van der Waals surface area contributed by atoms with Crippen LogP contribution in [-0.2, 0) is 10.0 Å². The molecule has 0 unspecified atom stereocenters. The molecular weight excluding hydrogens is 397 g/mol. The predicted octanol–water partition coefficient (Wildman–Crippen LogP) is 4.05. The molecule has 0 heterocycles. The maximum Gasteiger partial charge on any atom is 0.263 e. The molecule has 6 heteroatoms. The zero-order chi connectivity index (χ0) is 14.0. The fourth-order valence-corrected chi connectivity index (χ4v) is 3.90. The van der Waals surface area contributed by atoms with Crippen LogP contribution in [-0.4, -0.2) is 8.42 Å². The van der Waals surface area contributed by atoms with Gasteiger partial charge in [0.15, 0.2) is 0 Å². The van der Waals surface area contributed by atoms with Gasteiger partial charge in [-0.2, -0.15) is 0 Å². The van der Waals surface area contributed by atoms with Gasteiger partial charge in [-0.05, 0) is 65.4 Å². The molecule has 1 N–H and O–H groups in total. The first kappa shape index (κ1) is 14.6. The molecule has 19 heavy (non-hydrogen) atoms. The second-order valence-corrected chi connectivity index (χ2v) is 7.30. The van der Waals surface area contributed by atoms with Crippen LogP contribution in [0.5, 0.6) is 0 Å². The third-order valence-corrected chi connectivity index (χ3v) is 5.10. The van der Waals surface area contributed by atoms with Crippen molar-refractivity contribution in [3.05, 3.63) is 56.6 Å². The molecule has 0 amide bonds. The Bertz CT molecular complexity index is 716. The van der Waals surface area contributed by atoms with E-state index in [1.807, 2.05) is 19.1 Å². The second kappa shape index (κ2) is 5.68. The summed E-state index contributed by atoms with van der Waals surface area (Å²) in [7, 11) is -3.66. The molecule has 0 aliphatic rings. The Balaban J connectivity index is 2.40. The molecule has 0 radical (unpaired) electrons. The summed E-state index contributed by atoms with van der Waals surface area (Å²) in [6.45, 7) is 1.85. The van der Waals surface area contributed by atoms with Gasteiger partial charge in [0.25, 0.3) is 10.0 Å². The van der Waals surface area contributed by atoms with Crippen LogP contribution in [0.4, 0.5) is 5.69 Å². The van der Waals surface area contributed by atoms with Gasteiger partial charge in [-0.25, -0.2) is 8.42 Å². The van der Waals surface area contributed by atoms with Crippen molar-refractivity contribution in [2.75, 3.05) is 4.72 Å². The number of rotatable bonds is 3. The van der Waals surface area contributed by atoms with Gasteiger partial charge < -0.3 is 0 Å². The fourth-order valence-electron chi connectivity index (χ4n) is 1.60. The monoisotopic (exact) mass is 407 g/mol. The highest BCUT2D eigenvalue weighted by Gasteiger charge is 2.18. The van der Waals surface area contributed by atoms with Crippen molar-refractivity contribution < 1.29 is 8.42 Å². The summed E-state index contributed by atoms with van der Waals surface area (Å²) in [4.78, 5) is 0.0783. The van der Waals surface area contributed by atoms with Crippen LogP contribution in [0.25, 0.3) is 0 Å². The first-order chi connectivity index (χ1) is 8.90. The van der Waals surface area contributed by atoms with Gasteiger partial charge in [0.2, 0.25) is 0 Å². The van der Waals surface area contributed by atoms with Gasteiger partial charge in [-0.15, -0.1) is 0 Å². The molecule has 2 aromatic carbocycles. The van der Waals surface area contributed by atoms with Gasteiger partial charge in [-0.1, -0.05) is 23.7 Å². The number of benzene rings is 2. The quantitative estimate of drug-likeness (QED) is 0.780. The smallest absolute Gasteiger partial charge is 0.263 e. The minimum absolute atomic E-state index is 0.0783. The lowest BCUT2D eigenvalue weighted by molar-refractivity contribution is 0.601. The molecule has 100 valence electrons. The van der Waals surface area contributed by atoms with Gasteiger partial charge in [0.05, 0.1) is 10.7 Å². The summed E-state index contributed by atoms with van der Waals surface area (Å²) in [5.41, 5.74) is 1.42. The third-order valence-electron chi connectivity index (χ3n) is 2.56. The lowest BCUT2D eigenvalue weighted by atomic mass is 10.2. The van der Waals surface area contributed by atoms with E-state index in [0.717, 1.165) is 9.13 Å². The SMILES string of the molecule is Cc1cc(I)ccc1NS(=O)(=O)c1ccccc1Cl. The summed E-state index contributed by atoms with van der Waals surface area (Å²) >= 11 is 8.10. The van der Waals surface area contributed by atoms with Crippen molar-refractivity contribution in [2.24, 2.45) is 0 Å². The van der Waals surface area contributed by atoms with Crippen LogP contribution in [0.3, 0.4) is 0 Å². The van der Waals surface area contributed by atoms with Crippen LogP contribution in [0.15, 0.2) is 47.4 Å². The number of aryl methyl sites for hydroxylation is 1. The van der Waals surface area contributed by atoms with Crippen LogP contribution in [0, 0.1) is 10.5 Å². The standard InChI is InChI=1S/C13H11ClINO2S/c1-9-8-10(15)6-7-12(9)16-19(17,18)13-5-3-2-4-11(13)14/h2-8,16H,1H3. The highest BCUT2D eigenvalue weighted by molar-refractivity contribution is 14.1. The number of nitrogens with one attached hydrogen (secondary N) is 1. The number of hydrogen-bond acceptors (Lipinski definition) is 2. The second-order valence-electron chi connectivity index (χ2n) is 4.00. The lowest BCUT2D eigenvalue weighted by Crippen LogP contribution is -2.14. The van der Waals surface area contributed by atoms with Crippen molar-refractivity contribution in [3.8, 4) is 0 Å². The molecule has 2 rings (SSSR count). The Morgan fingerprint density at radius 3 is 2.47 bits per heavy atom. The summed E-state index contributed by atoms with van der Waals surface area (Å²) < 4.78 is 28.1. The lowest BCUT2D eigenvalue weighted by Gasteiger charge is -2.11. The van der Waals surface area contributed by atoms with E-state index in [1.54, 1.807) is 24.3 Å². The predicted molar refractivity (Wildman–Crippen MR) is 86.2 cm³/mol. The summed E-state index contributed by atoms with van der Waals surface area (Å²) in [5.74, 6) is 0. The Morgan fingerprint density at radius 2 is 1.84 bits per heavy atom. The summed E-state index contributed by atoms with van der Waals surface area (Å²) in [5, 5.41) is 0.207. The van der Waals surface area contributed by atoms with Crippen molar-refractivity contribution in [1.82, 2.24) is 0 Å². The van der Waals surface area contributed by atoms with Gasteiger partial charge >= 0.3 is 0 Å². The average molecular weight is 408 g/mol. The molecule has 0 aromatic heterocycles. The molecule has 0 bridgehead atoms. The van der Waals surface area contributed by atoms with Crippen LogP contribution >= 0.6 is 34.2 Å². The molecule has 0 aliphatic heterocycles. The first-order valence-corrected chi connectivity index (χ1v) is 8.37. The number of anilines is 1. The highest BCUT2D eigenvalue weighted by atomic mass is 127. The minimum atomic E-state index is -3.66. The zero-order valence-corrected chi connectivity index (χ0v) is 13.8. The van der Waals surface area contributed by atoms with Crippen molar-refractivity contribution in [3.63, 3.8) is 0 Å². The molecule has 0 saturated heterocycles. The Kier molecular flexibility index (Phi) is 4.37. The molecule has 3 nitrogen and oxygen atoms in total. The maximum atomic E-state index is 12.3. The van der Waals surface area contributed by atoms with E-state index in [1.165, 1.54) is 6.07 Å².